The van der Waals surface area contributed by atoms with Gasteiger partial charge < -0.3 is 10.2 Å². The van der Waals surface area contributed by atoms with Crippen molar-refractivity contribution in [3.05, 3.63) is 27.4 Å². The van der Waals surface area contributed by atoms with E-state index in [-0.39, 0.29) is 5.82 Å². The Balaban J connectivity index is 2.27. The number of halogens is 3. The van der Waals surface area contributed by atoms with E-state index in [0.717, 1.165) is 29.5 Å². The smallest absolute Gasteiger partial charge is 0.125 e. The van der Waals surface area contributed by atoms with Gasteiger partial charge in [0, 0.05) is 23.1 Å². The first kappa shape index (κ1) is 14.1. The Morgan fingerprint density at radius 1 is 1.50 bits per heavy atom. The molecule has 0 aliphatic carbocycles. The van der Waals surface area contributed by atoms with Crippen LogP contribution < -0.4 is 10.2 Å². The van der Waals surface area contributed by atoms with E-state index < -0.39 is 0 Å². The van der Waals surface area contributed by atoms with E-state index in [1.165, 1.54) is 12.1 Å². The second kappa shape index (κ2) is 5.76. The summed E-state index contributed by atoms with van der Waals surface area (Å²) in [7, 11) is 1.99. The molecule has 2 nitrogen and oxygen atoms in total. The number of anilines is 1. The van der Waals surface area contributed by atoms with Crippen molar-refractivity contribution in [1.29, 1.82) is 0 Å². The van der Waals surface area contributed by atoms with Gasteiger partial charge in [-0.3, -0.25) is 0 Å². The van der Waals surface area contributed by atoms with E-state index in [4.69, 9.17) is 11.6 Å². The van der Waals surface area contributed by atoms with Crippen LogP contribution in [-0.2, 0) is 0 Å². The number of nitrogens with zero attached hydrogens (tertiary/aromatic N) is 1. The van der Waals surface area contributed by atoms with Crippen LogP contribution in [0.1, 0.15) is 19.8 Å². The Morgan fingerprint density at radius 3 is 2.78 bits per heavy atom. The topological polar surface area (TPSA) is 15.3 Å². The van der Waals surface area contributed by atoms with Crippen LogP contribution in [0.3, 0.4) is 0 Å². The minimum Gasteiger partial charge on any atom is -0.367 e. The van der Waals surface area contributed by atoms with Crippen LogP contribution in [-0.4, -0.2) is 25.7 Å². The molecule has 100 valence electrons. The van der Waals surface area contributed by atoms with E-state index in [1.54, 1.807) is 0 Å². The molecule has 0 aromatic heterocycles. The molecule has 0 spiro atoms. The van der Waals surface area contributed by atoms with Crippen molar-refractivity contribution in [3.8, 4) is 0 Å². The quantitative estimate of drug-likeness (QED) is 0.884. The maximum Gasteiger partial charge on any atom is 0.125 e. The Labute approximate surface area is 121 Å². The van der Waals surface area contributed by atoms with Gasteiger partial charge in [-0.15, -0.1) is 0 Å². The van der Waals surface area contributed by atoms with Gasteiger partial charge in [0.05, 0.1) is 10.7 Å². The highest BCUT2D eigenvalue weighted by molar-refractivity contribution is 9.10. The summed E-state index contributed by atoms with van der Waals surface area (Å²) in [5, 5.41) is 3.78. The molecule has 1 fully saturated rings. The lowest BCUT2D eigenvalue weighted by Gasteiger charge is -2.40. The van der Waals surface area contributed by atoms with Crippen LogP contribution in [0, 0.1) is 5.82 Å². The summed E-state index contributed by atoms with van der Waals surface area (Å²) in [6.45, 7) is 3.10. The maximum atomic E-state index is 13.2. The summed E-state index contributed by atoms with van der Waals surface area (Å²) >= 11 is 9.59. The zero-order chi connectivity index (χ0) is 13.3. The van der Waals surface area contributed by atoms with Gasteiger partial charge in [0.2, 0.25) is 0 Å². The van der Waals surface area contributed by atoms with Gasteiger partial charge in [-0.25, -0.2) is 4.39 Å². The average molecular weight is 336 g/mol. The Kier molecular flexibility index (Phi) is 4.51. The normalized spacial score (nSPS) is 24.4. The van der Waals surface area contributed by atoms with Crippen molar-refractivity contribution < 1.29 is 4.39 Å². The van der Waals surface area contributed by atoms with Crippen molar-refractivity contribution in [2.75, 3.05) is 18.5 Å². The molecule has 1 heterocycles. The molecule has 2 unspecified atom stereocenters. The van der Waals surface area contributed by atoms with E-state index in [2.05, 4.69) is 33.1 Å². The van der Waals surface area contributed by atoms with Crippen molar-refractivity contribution in [3.63, 3.8) is 0 Å². The average Bonchev–Trinajstić information content (AvgIpc) is 2.29. The van der Waals surface area contributed by atoms with Crippen LogP contribution in [0.4, 0.5) is 10.1 Å². The van der Waals surface area contributed by atoms with Crippen LogP contribution in [0.5, 0.6) is 0 Å². The van der Waals surface area contributed by atoms with Gasteiger partial charge in [-0.05, 0) is 54.9 Å². The first-order valence-corrected chi connectivity index (χ1v) is 7.28. The molecular formula is C13H17BrClFN2. The molecule has 0 saturated carbocycles. The predicted octanol–water partition coefficient (Wildman–Crippen LogP) is 3.82. The number of nitrogens with one attached hydrogen (secondary N) is 1. The molecule has 1 aliphatic heterocycles. The third kappa shape index (κ3) is 2.81. The first-order valence-electron chi connectivity index (χ1n) is 6.11. The van der Waals surface area contributed by atoms with Crippen molar-refractivity contribution in [1.82, 2.24) is 5.32 Å². The fraction of sp³-hybridized carbons (Fsp3) is 0.538. The Morgan fingerprint density at radius 2 is 2.22 bits per heavy atom. The summed E-state index contributed by atoms with van der Waals surface area (Å²) in [6, 6.07) is 3.78. The first-order chi connectivity index (χ1) is 8.52. The molecule has 0 bridgehead atoms. The summed E-state index contributed by atoms with van der Waals surface area (Å²) in [6.07, 6.45) is 2.14. The highest BCUT2D eigenvalue weighted by atomic mass is 79.9. The lowest BCUT2D eigenvalue weighted by molar-refractivity contribution is 0.386. The fourth-order valence-corrected chi connectivity index (χ4v) is 3.66. The molecule has 2 atom stereocenters. The zero-order valence-corrected chi connectivity index (χ0v) is 12.9. The Hall–Kier alpha value is -0.320. The van der Waals surface area contributed by atoms with Crippen LogP contribution in [0.2, 0.25) is 5.02 Å². The van der Waals surface area contributed by atoms with Crippen LogP contribution in [0.25, 0.3) is 0 Å². The summed E-state index contributed by atoms with van der Waals surface area (Å²) in [4.78, 5) is 2.25. The number of hydrogen-bond acceptors (Lipinski definition) is 2. The van der Waals surface area contributed by atoms with Gasteiger partial charge in [0.25, 0.3) is 0 Å². The molecule has 1 saturated heterocycles. The second-order valence-electron chi connectivity index (χ2n) is 4.77. The third-order valence-electron chi connectivity index (χ3n) is 3.55. The van der Waals surface area contributed by atoms with Crippen molar-refractivity contribution in [2.24, 2.45) is 0 Å². The summed E-state index contributed by atoms with van der Waals surface area (Å²) in [5.41, 5.74) is 0.903. The minimum atomic E-state index is -0.312. The molecule has 5 heteroatoms. The number of benzene rings is 1. The van der Waals surface area contributed by atoms with Gasteiger partial charge in [-0.1, -0.05) is 11.6 Å². The molecule has 1 aromatic rings. The van der Waals surface area contributed by atoms with E-state index in [9.17, 15) is 4.39 Å². The maximum absolute atomic E-state index is 13.2. The predicted molar refractivity (Wildman–Crippen MR) is 78.0 cm³/mol. The zero-order valence-electron chi connectivity index (χ0n) is 10.5. The molecule has 0 amide bonds. The largest absolute Gasteiger partial charge is 0.367 e. The number of rotatable bonds is 2. The molecule has 0 radical (unpaired) electrons. The summed E-state index contributed by atoms with van der Waals surface area (Å²) < 4.78 is 14.0. The molecule has 2 rings (SSSR count). The molecule has 1 N–H and O–H groups in total. The van der Waals surface area contributed by atoms with Gasteiger partial charge in [-0.2, -0.15) is 0 Å². The van der Waals surface area contributed by atoms with E-state index >= 15 is 0 Å². The monoisotopic (exact) mass is 334 g/mol. The fourth-order valence-electron chi connectivity index (χ4n) is 2.58. The highest BCUT2D eigenvalue weighted by Gasteiger charge is 2.27. The van der Waals surface area contributed by atoms with E-state index in [1.807, 2.05) is 7.05 Å². The number of hydrogen-bond donors (Lipinski definition) is 1. The van der Waals surface area contributed by atoms with Crippen molar-refractivity contribution in [2.45, 2.75) is 31.8 Å². The standard InChI is InChI=1S/C13H17BrClFN2/c1-8-5-10(17-2)3-4-18(8)13-11(14)6-9(16)7-12(13)15/h6-8,10,17H,3-5H2,1-2H3. The summed E-state index contributed by atoms with van der Waals surface area (Å²) in [5.74, 6) is -0.312. The molecular weight excluding hydrogens is 319 g/mol. The van der Waals surface area contributed by atoms with Crippen molar-refractivity contribution >= 4 is 33.2 Å². The van der Waals surface area contributed by atoms with Gasteiger partial charge in [0.1, 0.15) is 5.82 Å². The molecule has 18 heavy (non-hydrogen) atoms. The highest BCUT2D eigenvalue weighted by Crippen LogP contribution is 2.38. The van der Waals surface area contributed by atoms with E-state index in [0.29, 0.717) is 17.1 Å². The van der Waals surface area contributed by atoms with Gasteiger partial charge in [0.15, 0.2) is 0 Å². The van der Waals surface area contributed by atoms with Gasteiger partial charge >= 0.3 is 0 Å². The minimum absolute atomic E-state index is 0.312. The second-order valence-corrected chi connectivity index (χ2v) is 6.03. The SMILES string of the molecule is CNC1CCN(c2c(Cl)cc(F)cc2Br)C(C)C1. The van der Waals surface area contributed by atoms with Crippen LogP contribution >= 0.6 is 27.5 Å². The van der Waals surface area contributed by atoms with Crippen LogP contribution in [0.15, 0.2) is 16.6 Å². The lowest BCUT2D eigenvalue weighted by Crippen LogP contribution is -2.46. The molecule has 1 aliphatic rings. The number of piperidine rings is 1. The lowest BCUT2D eigenvalue weighted by atomic mass is 9.98. The molecule has 1 aromatic carbocycles. The Bertz CT molecular complexity index is 418. The third-order valence-corrected chi connectivity index (χ3v) is 4.45.